The molecule has 3 atom stereocenters. The van der Waals surface area contributed by atoms with Crippen molar-refractivity contribution in [2.24, 2.45) is 5.92 Å². The Morgan fingerprint density at radius 1 is 1.30 bits per heavy atom. The van der Waals surface area contributed by atoms with Crippen LogP contribution in [0.4, 0.5) is 10.5 Å². The van der Waals surface area contributed by atoms with Crippen molar-refractivity contribution in [1.82, 2.24) is 9.88 Å². The topological polar surface area (TPSA) is 58.4 Å². The van der Waals surface area contributed by atoms with Crippen LogP contribution in [0.2, 0.25) is 0 Å². The summed E-state index contributed by atoms with van der Waals surface area (Å²) in [5.74, 6) is 1.31. The highest BCUT2D eigenvalue weighted by Gasteiger charge is 2.46. The van der Waals surface area contributed by atoms with Gasteiger partial charge in [0, 0.05) is 23.3 Å². The summed E-state index contributed by atoms with van der Waals surface area (Å²) >= 11 is 0. The Bertz CT molecular complexity index is 714. The molecule has 0 radical (unpaired) electrons. The van der Waals surface area contributed by atoms with Gasteiger partial charge in [-0.05, 0) is 49.8 Å². The van der Waals surface area contributed by atoms with E-state index >= 15 is 0 Å². The van der Waals surface area contributed by atoms with Crippen molar-refractivity contribution in [2.45, 2.75) is 45.2 Å². The number of benzene rings is 1. The van der Waals surface area contributed by atoms with Gasteiger partial charge in [-0.2, -0.15) is 0 Å². The lowest BCUT2D eigenvalue weighted by Gasteiger charge is -2.54. The summed E-state index contributed by atoms with van der Waals surface area (Å²) in [5.41, 5.74) is 2.76. The van der Waals surface area contributed by atoms with Crippen molar-refractivity contribution in [1.29, 1.82) is 0 Å². The van der Waals surface area contributed by atoms with Gasteiger partial charge in [-0.1, -0.05) is 13.0 Å². The van der Waals surface area contributed by atoms with Crippen LogP contribution < -0.4 is 5.32 Å². The number of urea groups is 1. The molecular formula is C18H21N3O2. The predicted molar refractivity (Wildman–Crippen MR) is 88.1 cm³/mol. The summed E-state index contributed by atoms with van der Waals surface area (Å²) in [4.78, 5) is 18.8. The molecule has 1 N–H and O–H groups in total. The number of carbonyl (C=O) groups excluding carboxylic acids is 1. The Labute approximate surface area is 135 Å². The second-order valence-corrected chi connectivity index (χ2v) is 6.82. The normalized spacial score (nSPS) is 25.8. The standard InChI is InChI=1S/C18H21N3O2/c1-11-7-14-10-15(8-11)21(14)18(22)20-13-4-3-12(2)16(9-13)17-19-5-6-23-17/h3-6,9,11,14-15H,7-8,10H2,1-2H3,(H,20,22)/t11?,14-,15?/m0/s1. The summed E-state index contributed by atoms with van der Waals surface area (Å²) in [6.45, 7) is 4.28. The lowest BCUT2D eigenvalue weighted by atomic mass is 9.74. The van der Waals surface area contributed by atoms with Crippen molar-refractivity contribution in [3.05, 3.63) is 36.2 Å². The molecule has 1 aromatic carbocycles. The van der Waals surface area contributed by atoms with Crippen LogP contribution in [0.3, 0.4) is 0 Å². The molecule has 4 rings (SSSR count). The van der Waals surface area contributed by atoms with Gasteiger partial charge in [-0.15, -0.1) is 0 Å². The minimum absolute atomic E-state index is 0.0142. The number of carbonyl (C=O) groups is 1. The first-order chi connectivity index (χ1) is 11.1. The molecule has 2 unspecified atom stereocenters. The van der Waals surface area contributed by atoms with E-state index in [4.69, 9.17) is 4.42 Å². The first-order valence-electron chi connectivity index (χ1n) is 8.21. The van der Waals surface area contributed by atoms with Gasteiger partial charge in [-0.3, -0.25) is 0 Å². The first kappa shape index (κ1) is 14.3. The molecule has 23 heavy (non-hydrogen) atoms. The van der Waals surface area contributed by atoms with Gasteiger partial charge < -0.3 is 14.6 Å². The molecule has 120 valence electrons. The van der Waals surface area contributed by atoms with E-state index in [2.05, 4.69) is 17.2 Å². The zero-order valence-corrected chi connectivity index (χ0v) is 13.5. The zero-order valence-electron chi connectivity index (χ0n) is 13.5. The maximum absolute atomic E-state index is 12.6. The molecular weight excluding hydrogens is 290 g/mol. The number of anilines is 1. The third-order valence-corrected chi connectivity index (χ3v) is 5.07. The Hall–Kier alpha value is -2.30. The van der Waals surface area contributed by atoms with Gasteiger partial charge in [-0.25, -0.2) is 9.78 Å². The molecule has 2 aliphatic heterocycles. The van der Waals surface area contributed by atoms with E-state index < -0.39 is 0 Å². The molecule has 2 aliphatic rings. The van der Waals surface area contributed by atoms with Crippen molar-refractivity contribution in [3.63, 3.8) is 0 Å². The second-order valence-electron chi connectivity index (χ2n) is 6.82. The smallest absolute Gasteiger partial charge is 0.322 e. The predicted octanol–water partition coefficient (Wildman–Crippen LogP) is 4.05. The second kappa shape index (κ2) is 5.41. The minimum Gasteiger partial charge on any atom is -0.445 e. The van der Waals surface area contributed by atoms with Crippen molar-refractivity contribution >= 4 is 11.7 Å². The van der Waals surface area contributed by atoms with Gasteiger partial charge in [0.05, 0.1) is 6.20 Å². The van der Waals surface area contributed by atoms with Crippen molar-refractivity contribution < 1.29 is 9.21 Å². The van der Waals surface area contributed by atoms with Crippen LogP contribution in [-0.4, -0.2) is 28.0 Å². The van der Waals surface area contributed by atoms with Crippen LogP contribution in [0.5, 0.6) is 0 Å². The van der Waals surface area contributed by atoms with Crippen LogP contribution in [0.15, 0.2) is 35.1 Å². The quantitative estimate of drug-likeness (QED) is 0.910. The summed E-state index contributed by atoms with van der Waals surface area (Å²) in [7, 11) is 0. The van der Waals surface area contributed by atoms with Crippen molar-refractivity contribution in [2.75, 3.05) is 5.32 Å². The van der Waals surface area contributed by atoms with Gasteiger partial charge in [0.15, 0.2) is 0 Å². The fourth-order valence-electron chi connectivity index (χ4n) is 3.95. The van der Waals surface area contributed by atoms with Crippen LogP contribution in [-0.2, 0) is 0 Å². The number of aryl methyl sites for hydroxylation is 1. The van der Waals surface area contributed by atoms with Crippen LogP contribution in [0, 0.1) is 12.8 Å². The van der Waals surface area contributed by atoms with Crippen molar-refractivity contribution in [3.8, 4) is 11.5 Å². The summed E-state index contributed by atoms with van der Waals surface area (Å²) in [5, 5.41) is 3.03. The van der Waals surface area contributed by atoms with E-state index in [-0.39, 0.29) is 6.03 Å². The molecule has 0 aliphatic carbocycles. The summed E-state index contributed by atoms with van der Waals surface area (Å²) in [6, 6.07) is 6.68. The number of amides is 2. The molecule has 5 heteroatoms. The number of aromatic nitrogens is 1. The maximum Gasteiger partial charge on any atom is 0.322 e. The molecule has 2 bridgehead atoms. The lowest BCUT2D eigenvalue weighted by molar-refractivity contribution is -0.00600. The molecule has 2 amide bonds. The first-order valence-corrected chi connectivity index (χ1v) is 8.21. The van der Waals surface area contributed by atoms with E-state index in [0.29, 0.717) is 18.0 Å². The highest BCUT2D eigenvalue weighted by molar-refractivity contribution is 5.91. The molecule has 1 aromatic heterocycles. The largest absolute Gasteiger partial charge is 0.445 e. The zero-order chi connectivity index (χ0) is 16.0. The number of rotatable bonds is 2. The van der Waals surface area contributed by atoms with Crippen LogP contribution in [0.25, 0.3) is 11.5 Å². The van der Waals surface area contributed by atoms with Gasteiger partial charge in [0.1, 0.15) is 6.26 Å². The minimum atomic E-state index is 0.0142. The molecule has 0 spiro atoms. The number of hydrogen-bond acceptors (Lipinski definition) is 3. The lowest BCUT2D eigenvalue weighted by Crippen LogP contribution is -2.63. The summed E-state index contributed by atoms with van der Waals surface area (Å²) in [6.07, 6.45) is 6.59. The van der Waals surface area contributed by atoms with E-state index in [9.17, 15) is 4.79 Å². The molecule has 2 aromatic rings. The summed E-state index contributed by atoms with van der Waals surface area (Å²) < 4.78 is 5.38. The molecule has 5 nitrogen and oxygen atoms in total. The number of fused-ring (bicyclic) bond motifs is 2. The highest BCUT2D eigenvalue weighted by atomic mass is 16.3. The fourth-order valence-corrected chi connectivity index (χ4v) is 3.95. The monoisotopic (exact) mass is 311 g/mol. The molecule has 2 fully saturated rings. The van der Waals surface area contributed by atoms with Gasteiger partial charge >= 0.3 is 6.03 Å². The van der Waals surface area contributed by atoms with Crippen LogP contribution >= 0.6 is 0 Å². The number of hydrogen-bond donors (Lipinski definition) is 1. The van der Waals surface area contributed by atoms with Gasteiger partial charge in [0.25, 0.3) is 0 Å². The van der Waals surface area contributed by atoms with E-state index in [1.165, 1.54) is 0 Å². The Kier molecular flexibility index (Phi) is 3.36. The Morgan fingerprint density at radius 3 is 2.78 bits per heavy atom. The van der Waals surface area contributed by atoms with E-state index in [0.717, 1.165) is 42.0 Å². The fraction of sp³-hybridized carbons (Fsp3) is 0.444. The molecule has 2 saturated heterocycles. The molecule has 0 saturated carbocycles. The highest BCUT2D eigenvalue weighted by Crippen LogP contribution is 2.41. The molecule has 3 heterocycles. The Morgan fingerprint density at radius 2 is 2.09 bits per heavy atom. The van der Waals surface area contributed by atoms with Crippen LogP contribution in [0.1, 0.15) is 31.7 Å². The Balaban J connectivity index is 1.51. The average molecular weight is 311 g/mol. The number of nitrogens with zero attached hydrogens (tertiary/aromatic N) is 2. The van der Waals surface area contributed by atoms with Gasteiger partial charge in [0.2, 0.25) is 5.89 Å². The average Bonchev–Trinajstić information content (AvgIpc) is 3.02. The van der Waals surface area contributed by atoms with E-state index in [1.807, 2.05) is 30.0 Å². The van der Waals surface area contributed by atoms with E-state index in [1.54, 1.807) is 12.5 Å². The number of oxazole rings is 1. The third-order valence-electron chi connectivity index (χ3n) is 5.07. The maximum atomic E-state index is 12.6. The third kappa shape index (κ3) is 2.50. The number of piperidine rings is 1. The number of nitrogens with one attached hydrogen (secondary N) is 1. The SMILES string of the molecule is Cc1ccc(NC(=O)N2C3CC(C)C[C@H]2C3)cc1-c1ncco1.